The van der Waals surface area contributed by atoms with Gasteiger partial charge in [0.15, 0.2) is 5.82 Å². The molecule has 1 aromatic rings. The lowest BCUT2D eigenvalue weighted by molar-refractivity contribution is 0.556. The van der Waals surface area contributed by atoms with Gasteiger partial charge in [-0.15, -0.1) is 10.2 Å². The first-order valence-electron chi connectivity index (χ1n) is 5.03. The number of anilines is 1. The number of hydrogen-bond donors (Lipinski definition) is 2. The van der Waals surface area contributed by atoms with Crippen molar-refractivity contribution in [3.63, 3.8) is 0 Å². The Bertz CT molecular complexity index is 281. The maximum Gasteiger partial charge on any atom is 0.224 e. The van der Waals surface area contributed by atoms with Gasteiger partial charge in [-0.1, -0.05) is 19.8 Å². The molecule has 0 aliphatic carbocycles. The van der Waals surface area contributed by atoms with E-state index < -0.39 is 0 Å². The van der Waals surface area contributed by atoms with Crippen molar-refractivity contribution in [3.05, 3.63) is 5.82 Å². The Balaban J connectivity index is 2.69. The summed E-state index contributed by atoms with van der Waals surface area (Å²) in [6.45, 7) is 2.16. The van der Waals surface area contributed by atoms with Crippen LogP contribution in [0.2, 0.25) is 0 Å². The van der Waals surface area contributed by atoms with E-state index in [4.69, 9.17) is 5.73 Å². The molecule has 0 bridgehead atoms. The molecule has 5 heteroatoms. The second kappa shape index (κ2) is 4.95. The van der Waals surface area contributed by atoms with Gasteiger partial charge in [-0.05, 0) is 6.42 Å². The van der Waals surface area contributed by atoms with Crippen LogP contribution in [0.1, 0.15) is 38.1 Å². The molecule has 3 N–H and O–H groups in total. The van der Waals surface area contributed by atoms with E-state index in [0.29, 0.717) is 0 Å². The van der Waals surface area contributed by atoms with Crippen LogP contribution in [0.25, 0.3) is 0 Å². The SMILES string of the molecule is CCCC[C@H](N)c1nnc(NC)n1C. The van der Waals surface area contributed by atoms with E-state index in [1.807, 2.05) is 18.7 Å². The van der Waals surface area contributed by atoms with Crippen molar-refractivity contribution in [1.29, 1.82) is 0 Å². The van der Waals surface area contributed by atoms with Crippen molar-refractivity contribution in [1.82, 2.24) is 14.8 Å². The summed E-state index contributed by atoms with van der Waals surface area (Å²) in [5.74, 6) is 1.61. The highest BCUT2D eigenvalue weighted by molar-refractivity contribution is 5.24. The zero-order valence-electron chi connectivity index (χ0n) is 9.12. The first kappa shape index (κ1) is 11.0. The average Bonchev–Trinajstić information content (AvgIpc) is 2.56. The Labute approximate surface area is 84.7 Å². The van der Waals surface area contributed by atoms with Crippen molar-refractivity contribution in [2.75, 3.05) is 12.4 Å². The van der Waals surface area contributed by atoms with Gasteiger partial charge in [-0.2, -0.15) is 0 Å². The van der Waals surface area contributed by atoms with Gasteiger partial charge in [0, 0.05) is 14.1 Å². The Hall–Kier alpha value is -1.10. The number of unbranched alkanes of at least 4 members (excludes halogenated alkanes) is 1. The van der Waals surface area contributed by atoms with E-state index in [9.17, 15) is 0 Å². The summed E-state index contributed by atoms with van der Waals surface area (Å²) in [4.78, 5) is 0. The molecule has 1 atom stereocenters. The van der Waals surface area contributed by atoms with Crippen molar-refractivity contribution in [2.45, 2.75) is 32.2 Å². The number of hydrogen-bond acceptors (Lipinski definition) is 4. The molecule has 80 valence electrons. The highest BCUT2D eigenvalue weighted by Crippen LogP contribution is 2.16. The molecule has 0 spiro atoms. The summed E-state index contributed by atoms with van der Waals surface area (Å²) in [6.07, 6.45) is 3.25. The third-order valence-electron chi connectivity index (χ3n) is 2.33. The zero-order valence-corrected chi connectivity index (χ0v) is 9.12. The van der Waals surface area contributed by atoms with Gasteiger partial charge < -0.3 is 11.1 Å². The molecule has 5 nitrogen and oxygen atoms in total. The first-order valence-corrected chi connectivity index (χ1v) is 5.03. The van der Waals surface area contributed by atoms with Gasteiger partial charge in [-0.3, -0.25) is 4.57 Å². The Morgan fingerprint density at radius 2 is 2.21 bits per heavy atom. The van der Waals surface area contributed by atoms with E-state index in [1.54, 1.807) is 0 Å². The van der Waals surface area contributed by atoms with E-state index in [-0.39, 0.29) is 6.04 Å². The number of rotatable bonds is 5. The normalized spacial score (nSPS) is 12.9. The van der Waals surface area contributed by atoms with Gasteiger partial charge in [0.25, 0.3) is 0 Å². The van der Waals surface area contributed by atoms with Crippen LogP contribution in [-0.4, -0.2) is 21.8 Å². The van der Waals surface area contributed by atoms with Crippen molar-refractivity contribution in [2.24, 2.45) is 12.8 Å². The molecule has 0 saturated heterocycles. The zero-order chi connectivity index (χ0) is 10.6. The maximum atomic E-state index is 6.00. The van der Waals surface area contributed by atoms with Crippen LogP contribution in [-0.2, 0) is 7.05 Å². The molecular formula is C9H19N5. The predicted molar refractivity (Wildman–Crippen MR) is 57.0 cm³/mol. The van der Waals surface area contributed by atoms with E-state index in [1.165, 1.54) is 0 Å². The fourth-order valence-electron chi connectivity index (χ4n) is 1.43. The second-order valence-corrected chi connectivity index (χ2v) is 3.44. The Kier molecular flexibility index (Phi) is 3.88. The molecule has 0 amide bonds. The molecule has 1 heterocycles. The Morgan fingerprint density at radius 1 is 1.50 bits per heavy atom. The van der Waals surface area contributed by atoms with Crippen LogP contribution in [0, 0.1) is 0 Å². The fraction of sp³-hybridized carbons (Fsp3) is 0.778. The third-order valence-corrected chi connectivity index (χ3v) is 2.33. The minimum Gasteiger partial charge on any atom is -0.357 e. The predicted octanol–water partition coefficient (Wildman–Crippen LogP) is 1.05. The lowest BCUT2D eigenvalue weighted by Crippen LogP contribution is -2.15. The standard InChI is InChI=1S/C9H19N5/c1-4-5-6-7(10)8-12-13-9(11-2)14(8)3/h7H,4-6,10H2,1-3H3,(H,11,13)/t7-/m0/s1. The summed E-state index contributed by atoms with van der Waals surface area (Å²) in [5.41, 5.74) is 6.00. The van der Waals surface area contributed by atoms with Crippen LogP contribution in [0.15, 0.2) is 0 Å². The third kappa shape index (κ3) is 2.23. The molecule has 1 rings (SSSR count). The second-order valence-electron chi connectivity index (χ2n) is 3.44. The number of nitrogens with one attached hydrogen (secondary N) is 1. The minimum atomic E-state index is -0.00505. The highest BCUT2D eigenvalue weighted by atomic mass is 15.3. The smallest absolute Gasteiger partial charge is 0.224 e. The van der Waals surface area contributed by atoms with Crippen LogP contribution >= 0.6 is 0 Å². The summed E-state index contributed by atoms with van der Waals surface area (Å²) >= 11 is 0. The fourth-order valence-corrected chi connectivity index (χ4v) is 1.43. The lowest BCUT2D eigenvalue weighted by Gasteiger charge is -2.10. The van der Waals surface area contributed by atoms with Crippen LogP contribution in [0.3, 0.4) is 0 Å². The number of nitrogens with zero attached hydrogens (tertiary/aromatic N) is 3. The van der Waals surface area contributed by atoms with Crippen LogP contribution in [0.4, 0.5) is 5.95 Å². The molecule has 0 aliphatic heterocycles. The first-order chi connectivity index (χ1) is 6.70. The monoisotopic (exact) mass is 197 g/mol. The summed E-state index contributed by atoms with van der Waals surface area (Å²) in [7, 11) is 3.75. The largest absolute Gasteiger partial charge is 0.357 e. The molecular weight excluding hydrogens is 178 g/mol. The molecule has 1 aromatic heterocycles. The molecule has 14 heavy (non-hydrogen) atoms. The summed E-state index contributed by atoms with van der Waals surface area (Å²) in [6, 6.07) is -0.00505. The minimum absolute atomic E-state index is 0.00505. The summed E-state index contributed by atoms with van der Waals surface area (Å²) in [5, 5.41) is 11.0. The van der Waals surface area contributed by atoms with Gasteiger partial charge >= 0.3 is 0 Å². The van der Waals surface area contributed by atoms with E-state index >= 15 is 0 Å². The average molecular weight is 197 g/mol. The topological polar surface area (TPSA) is 68.8 Å². The highest BCUT2D eigenvalue weighted by Gasteiger charge is 2.14. The van der Waals surface area contributed by atoms with Gasteiger partial charge in [0.2, 0.25) is 5.95 Å². The van der Waals surface area contributed by atoms with Crippen molar-refractivity contribution < 1.29 is 0 Å². The maximum absolute atomic E-state index is 6.00. The molecule has 0 saturated carbocycles. The molecule has 0 aromatic carbocycles. The Morgan fingerprint density at radius 3 is 2.71 bits per heavy atom. The van der Waals surface area contributed by atoms with Gasteiger partial charge in [-0.25, -0.2) is 0 Å². The molecule has 0 aliphatic rings. The number of aromatic nitrogens is 3. The number of nitrogens with two attached hydrogens (primary N) is 1. The molecule has 0 radical (unpaired) electrons. The lowest BCUT2D eigenvalue weighted by atomic mass is 10.1. The summed E-state index contributed by atoms with van der Waals surface area (Å²) < 4.78 is 1.90. The van der Waals surface area contributed by atoms with Gasteiger partial charge in [0.1, 0.15) is 0 Å². The van der Waals surface area contributed by atoms with Gasteiger partial charge in [0.05, 0.1) is 6.04 Å². The quantitative estimate of drug-likeness (QED) is 0.740. The molecule has 0 unspecified atom stereocenters. The van der Waals surface area contributed by atoms with Crippen molar-refractivity contribution in [3.8, 4) is 0 Å². The van der Waals surface area contributed by atoms with Crippen LogP contribution in [0.5, 0.6) is 0 Å². The van der Waals surface area contributed by atoms with E-state index in [0.717, 1.165) is 31.0 Å². The van der Waals surface area contributed by atoms with Crippen molar-refractivity contribution >= 4 is 5.95 Å². The van der Waals surface area contributed by atoms with Crippen LogP contribution < -0.4 is 11.1 Å². The van der Waals surface area contributed by atoms with E-state index in [2.05, 4.69) is 22.4 Å². The molecule has 0 fully saturated rings.